The summed E-state index contributed by atoms with van der Waals surface area (Å²) in [5.74, 6) is 0.181. The zero-order chi connectivity index (χ0) is 4.41. The Bertz CT molecular complexity index is 114. The summed E-state index contributed by atoms with van der Waals surface area (Å²) in [6.07, 6.45) is 0. The molecule has 0 aliphatic rings. The molecule has 0 aliphatic carbocycles. The zero-order valence-corrected chi connectivity index (χ0v) is 3.75. The van der Waals surface area contributed by atoms with Gasteiger partial charge in [0.05, 0.1) is 0 Å². The third-order valence-electron chi connectivity index (χ3n) is 0.409. The number of hydrogen-bond acceptors (Lipinski definition) is 2. The highest BCUT2D eigenvalue weighted by Gasteiger charge is 1.76. The molecular formula is C3H3NOS. The summed E-state index contributed by atoms with van der Waals surface area (Å²) in [6, 6.07) is 0. The van der Waals surface area contributed by atoms with Crippen molar-refractivity contribution in [1.82, 2.24) is 0 Å². The summed E-state index contributed by atoms with van der Waals surface area (Å²) in [5.41, 5.74) is 2.60. The average Bonchev–Trinajstić information content (AvgIpc) is 1.86. The van der Waals surface area contributed by atoms with Gasteiger partial charge < -0.3 is 5.11 Å². The number of thiazole rings is 1. The molecule has 0 saturated heterocycles. The highest BCUT2D eigenvalue weighted by Crippen LogP contribution is 1.98. The van der Waals surface area contributed by atoms with Gasteiger partial charge in [-0.2, -0.15) is 0 Å². The first-order chi connectivity index (χ1) is 2.89. The molecule has 6 heavy (non-hydrogen) atoms. The molecule has 0 fully saturated rings. The van der Waals surface area contributed by atoms with Crippen molar-refractivity contribution in [2.24, 2.45) is 0 Å². The van der Waals surface area contributed by atoms with Crippen LogP contribution in [-0.2, 0) is 0 Å². The number of aromatic hydroxyl groups is 1. The van der Waals surface area contributed by atoms with Gasteiger partial charge in [0.15, 0.2) is 5.51 Å². The molecule has 3 heteroatoms. The van der Waals surface area contributed by atoms with Crippen LogP contribution in [0.4, 0.5) is 0 Å². The maximum Gasteiger partial charge on any atom is 0.218 e. The Kier molecular flexibility index (Phi) is 0.759. The smallest absolute Gasteiger partial charge is 0.218 e. The zero-order valence-electron chi connectivity index (χ0n) is 2.93. The molecule has 0 saturated carbocycles. The van der Waals surface area contributed by atoms with Gasteiger partial charge in [-0.25, -0.2) is 11.3 Å². The standard InChI is InChI=1S/C3H3NOS/c5-3-1-6-2-4-3/h1,4-5H. The van der Waals surface area contributed by atoms with Gasteiger partial charge in [0.1, 0.15) is 0 Å². The number of nitrogens with one attached hydrogen (secondary N) is 1. The molecule has 0 unspecified atom stereocenters. The van der Waals surface area contributed by atoms with Crippen LogP contribution in [0.2, 0.25) is 0 Å². The monoisotopic (exact) mass is 101 g/mol. The van der Waals surface area contributed by atoms with Crippen LogP contribution in [0, 0.1) is 5.51 Å². The summed E-state index contributed by atoms with van der Waals surface area (Å²) in [4.78, 5) is 2.45. The molecule has 0 radical (unpaired) electrons. The van der Waals surface area contributed by atoms with E-state index in [9.17, 15) is 0 Å². The van der Waals surface area contributed by atoms with E-state index < -0.39 is 0 Å². The van der Waals surface area contributed by atoms with E-state index in [4.69, 9.17) is 5.11 Å². The van der Waals surface area contributed by atoms with Crippen LogP contribution in [0.5, 0.6) is 5.88 Å². The molecular weight excluding hydrogens is 98.1 g/mol. The molecule has 0 atom stereocenters. The lowest BCUT2D eigenvalue weighted by Crippen LogP contribution is -1.91. The van der Waals surface area contributed by atoms with E-state index in [1.54, 1.807) is 5.38 Å². The van der Waals surface area contributed by atoms with Gasteiger partial charge in [-0.3, -0.25) is 4.98 Å². The van der Waals surface area contributed by atoms with Gasteiger partial charge in [-0.1, -0.05) is 0 Å². The summed E-state index contributed by atoms with van der Waals surface area (Å²) >= 11 is 1.31. The first kappa shape index (κ1) is 3.61. The number of H-pyrrole nitrogens is 1. The molecule has 0 amide bonds. The molecule has 1 aromatic heterocycles. The van der Waals surface area contributed by atoms with Crippen LogP contribution in [-0.4, -0.2) is 5.11 Å². The van der Waals surface area contributed by atoms with Crippen molar-refractivity contribution in [2.75, 3.05) is 0 Å². The fourth-order valence-corrected chi connectivity index (χ4v) is 0.589. The summed E-state index contributed by atoms with van der Waals surface area (Å²) in [7, 11) is 0. The third-order valence-corrected chi connectivity index (χ3v) is 0.970. The van der Waals surface area contributed by atoms with Crippen LogP contribution < -0.4 is 4.98 Å². The molecule has 1 rings (SSSR count). The van der Waals surface area contributed by atoms with Crippen LogP contribution in [0.1, 0.15) is 0 Å². The van der Waals surface area contributed by atoms with E-state index in [0.717, 1.165) is 0 Å². The van der Waals surface area contributed by atoms with Crippen LogP contribution in [0.15, 0.2) is 5.38 Å². The van der Waals surface area contributed by atoms with E-state index in [2.05, 4.69) is 10.5 Å². The Labute approximate surface area is 39.1 Å². The lowest BCUT2D eigenvalue weighted by Gasteiger charge is -1.70. The van der Waals surface area contributed by atoms with E-state index in [-0.39, 0.29) is 5.88 Å². The van der Waals surface area contributed by atoms with E-state index in [1.165, 1.54) is 11.3 Å². The minimum absolute atomic E-state index is 0.181. The maximum absolute atomic E-state index is 8.40. The Morgan fingerprint density at radius 3 is 3.00 bits per heavy atom. The minimum atomic E-state index is 0.181. The number of rotatable bonds is 0. The first-order valence-electron chi connectivity index (χ1n) is 1.45. The fourth-order valence-electron chi connectivity index (χ4n) is 0.196. The quantitative estimate of drug-likeness (QED) is 0.461. The highest BCUT2D eigenvalue weighted by molar-refractivity contribution is 7.06. The average molecular weight is 101 g/mol. The van der Waals surface area contributed by atoms with Gasteiger partial charge in [0, 0.05) is 0 Å². The van der Waals surface area contributed by atoms with Gasteiger partial charge in [-0.15, -0.1) is 0 Å². The van der Waals surface area contributed by atoms with E-state index in [0.29, 0.717) is 0 Å². The number of aromatic amines is 1. The third kappa shape index (κ3) is 0.490. The predicted octanol–water partition coefficient (Wildman–Crippen LogP) is 0.0680. The molecule has 1 heterocycles. The molecule has 2 nitrogen and oxygen atoms in total. The maximum atomic E-state index is 8.40. The predicted molar refractivity (Wildman–Crippen MR) is 21.4 cm³/mol. The van der Waals surface area contributed by atoms with Gasteiger partial charge >= 0.3 is 0 Å². The van der Waals surface area contributed by atoms with E-state index in [1.807, 2.05) is 0 Å². The SMILES string of the molecule is Oc1cs[c-][nH+]1. The Morgan fingerprint density at radius 2 is 2.83 bits per heavy atom. The molecule has 1 aromatic rings. The summed E-state index contributed by atoms with van der Waals surface area (Å²) in [5, 5.41) is 9.97. The molecule has 0 aliphatic heterocycles. The van der Waals surface area contributed by atoms with Crippen LogP contribution in [0.3, 0.4) is 0 Å². The van der Waals surface area contributed by atoms with Crippen LogP contribution in [0.25, 0.3) is 0 Å². The second-order valence-corrected chi connectivity index (χ2v) is 1.52. The van der Waals surface area contributed by atoms with Crippen molar-refractivity contribution in [3.8, 4) is 5.88 Å². The lowest BCUT2D eigenvalue weighted by atomic mass is 10.9. The summed E-state index contributed by atoms with van der Waals surface area (Å²) in [6.45, 7) is 0. The molecule has 0 spiro atoms. The van der Waals surface area contributed by atoms with Gasteiger partial charge in [0.2, 0.25) is 5.88 Å². The normalized spacial score (nSPS) is 8.67. The molecule has 32 valence electrons. The van der Waals surface area contributed by atoms with Crippen molar-refractivity contribution in [1.29, 1.82) is 0 Å². The number of hydrogen-bond donors (Lipinski definition) is 1. The molecule has 0 aromatic carbocycles. The number of aromatic nitrogens is 1. The van der Waals surface area contributed by atoms with Gasteiger partial charge in [0.25, 0.3) is 0 Å². The largest absolute Gasteiger partial charge is 0.526 e. The first-order valence-corrected chi connectivity index (χ1v) is 2.33. The second kappa shape index (κ2) is 1.26. The van der Waals surface area contributed by atoms with Crippen molar-refractivity contribution in [3.63, 3.8) is 0 Å². The molecule has 0 bridgehead atoms. The van der Waals surface area contributed by atoms with Crippen LogP contribution >= 0.6 is 11.3 Å². The second-order valence-electron chi connectivity index (χ2n) is 0.848. The Morgan fingerprint density at radius 1 is 2.00 bits per heavy atom. The van der Waals surface area contributed by atoms with Crippen molar-refractivity contribution in [2.45, 2.75) is 0 Å². The van der Waals surface area contributed by atoms with Crippen molar-refractivity contribution in [3.05, 3.63) is 10.9 Å². The highest BCUT2D eigenvalue weighted by atomic mass is 32.1. The van der Waals surface area contributed by atoms with Crippen molar-refractivity contribution < 1.29 is 10.1 Å². The summed E-state index contributed by atoms with van der Waals surface area (Å²) < 4.78 is 0. The fraction of sp³-hybridized carbons (Fsp3) is 0. The topological polar surface area (TPSA) is 34.4 Å². The lowest BCUT2D eigenvalue weighted by molar-refractivity contribution is -0.391. The van der Waals surface area contributed by atoms with E-state index >= 15 is 0 Å². The van der Waals surface area contributed by atoms with Crippen molar-refractivity contribution >= 4 is 11.3 Å². The minimum Gasteiger partial charge on any atom is -0.526 e. The van der Waals surface area contributed by atoms with Gasteiger partial charge in [-0.05, 0) is 5.38 Å². The Hall–Kier alpha value is -0.570. The molecule has 2 N–H and O–H groups in total. The Balaban J connectivity index is 3.05.